The molecule has 6 nitrogen and oxygen atoms in total. The minimum Gasteiger partial charge on any atom is -0.497 e. The number of nitrogens with one attached hydrogen (secondary N) is 1. The highest BCUT2D eigenvalue weighted by molar-refractivity contribution is 5.75. The van der Waals surface area contributed by atoms with Gasteiger partial charge in [0, 0.05) is 23.7 Å². The SMILES string of the molecule is COc1ccc(-c2nc(N)nc3c2CCCCN3)c(OC)c1. The molecular formula is C16H20N4O2. The number of hydrogen-bond acceptors (Lipinski definition) is 6. The smallest absolute Gasteiger partial charge is 0.222 e. The predicted molar refractivity (Wildman–Crippen MR) is 86.4 cm³/mol. The molecule has 0 saturated heterocycles. The van der Waals surface area contributed by atoms with E-state index in [4.69, 9.17) is 15.2 Å². The molecule has 0 atom stereocenters. The first-order valence-electron chi connectivity index (χ1n) is 7.35. The Morgan fingerprint density at radius 1 is 1.14 bits per heavy atom. The van der Waals surface area contributed by atoms with Gasteiger partial charge in [0.05, 0.1) is 19.9 Å². The van der Waals surface area contributed by atoms with Crippen LogP contribution in [0.2, 0.25) is 0 Å². The lowest BCUT2D eigenvalue weighted by Crippen LogP contribution is -2.08. The van der Waals surface area contributed by atoms with Crippen molar-refractivity contribution in [1.82, 2.24) is 9.97 Å². The van der Waals surface area contributed by atoms with E-state index in [1.54, 1.807) is 14.2 Å². The lowest BCUT2D eigenvalue weighted by Gasteiger charge is -2.15. The summed E-state index contributed by atoms with van der Waals surface area (Å²) in [6.07, 6.45) is 3.13. The number of aromatic nitrogens is 2. The lowest BCUT2D eigenvalue weighted by molar-refractivity contribution is 0.395. The third-order valence-electron chi connectivity index (χ3n) is 3.83. The van der Waals surface area contributed by atoms with E-state index in [9.17, 15) is 0 Å². The third kappa shape index (κ3) is 2.64. The van der Waals surface area contributed by atoms with Gasteiger partial charge in [-0.15, -0.1) is 0 Å². The average molecular weight is 300 g/mol. The van der Waals surface area contributed by atoms with Crippen molar-refractivity contribution in [2.75, 3.05) is 31.8 Å². The molecule has 1 aromatic carbocycles. The second-order valence-electron chi connectivity index (χ2n) is 5.21. The van der Waals surface area contributed by atoms with Crippen molar-refractivity contribution in [2.45, 2.75) is 19.3 Å². The molecule has 0 amide bonds. The molecule has 3 rings (SSSR count). The van der Waals surface area contributed by atoms with E-state index >= 15 is 0 Å². The molecule has 22 heavy (non-hydrogen) atoms. The summed E-state index contributed by atoms with van der Waals surface area (Å²) in [4.78, 5) is 8.81. The Bertz CT molecular complexity index is 688. The summed E-state index contributed by atoms with van der Waals surface area (Å²) in [6.45, 7) is 0.905. The molecule has 2 heterocycles. The fraction of sp³-hybridized carbons (Fsp3) is 0.375. The van der Waals surface area contributed by atoms with Crippen LogP contribution in [0.3, 0.4) is 0 Å². The summed E-state index contributed by atoms with van der Waals surface area (Å²) in [5.41, 5.74) is 8.71. The molecule has 0 unspecified atom stereocenters. The topological polar surface area (TPSA) is 82.3 Å². The number of rotatable bonds is 3. The maximum Gasteiger partial charge on any atom is 0.222 e. The second kappa shape index (κ2) is 6.09. The Balaban J connectivity index is 2.17. The number of hydrogen-bond donors (Lipinski definition) is 2. The number of anilines is 2. The van der Waals surface area contributed by atoms with Gasteiger partial charge < -0.3 is 20.5 Å². The van der Waals surface area contributed by atoms with Crippen LogP contribution in [-0.2, 0) is 6.42 Å². The highest BCUT2D eigenvalue weighted by Crippen LogP contribution is 2.37. The fourth-order valence-corrected chi connectivity index (χ4v) is 2.73. The van der Waals surface area contributed by atoms with E-state index in [1.807, 2.05) is 18.2 Å². The Morgan fingerprint density at radius 2 is 2.00 bits per heavy atom. The van der Waals surface area contributed by atoms with Crippen molar-refractivity contribution >= 4 is 11.8 Å². The molecule has 3 N–H and O–H groups in total. The standard InChI is InChI=1S/C16H20N4O2/c1-21-10-6-7-11(13(9-10)22-2)14-12-5-3-4-8-18-15(12)20-16(17)19-14/h6-7,9H,3-5,8H2,1-2H3,(H3,17,18,19,20). The van der Waals surface area contributed by atoms with E-state index in [1.165, 1.54) is 0 Å². The lowest BCUT2D eigenvalue weighted by atomic mass is 10.0. The summed E-state index contributed by atoms with van der Waals surface area (Å²) in [5, 5.41) is 3.34. The van der Waals surface area contributed by atoms with Crippen LogP contribution < -0.4 is 20.5 Å². The Kier molecular flexibility index (Phi) is 4.00. The van der Waals surface area contributed by atoms with Crippen LogP contribution in [0, 0.1) is 0 Å². The molecular weight excluding hydrogens is 280 g/mol. The molecule has 2 aromatic rings. The number of ether oxygens (including phenoxy) is 2. The summed E-state index contributed by atoms with van der Waals surface area (Å²) < 4.78 is 10.8. The van der Waals surface area contributed by atoms with Crippen molar-refractivity contribution in [2.24, 2.45) is 0 Å². The number of fused-ring (bicyclic) bond motifs is 1. The minimum absolute atomic E-state index is 0.265. The normalized spacial score (nSPS) is 13.7. The first-order valence-corrected chi connectivity index (χ1v) is 7.35. The molecule has 1 aromatic heterocycles. The van der Waals surface area contributed by atoms with Crippen LogP contribution in [0.15, 0.2) is 18.2 Å². The number of benzene rings is 1. The van der Waals surface area contributed by atoms with Gasteiger partial charge in [0.25, 0.3) is 0 Å². The van der Waals surface area contributed by atoms with Gasteiger partial charge in [-0.25, -0.2) is 4.98 Å². The first-order chi connectivity index (χ1) is 10.7. The van der Waals surface area contributed by atoms with E-state index in [-0.39, 0.29) is 5.95 Å². The van der Waals surface area contributed by atoms with Gasteiger partial charge in [-0.05, 0) is 31.4 Å². The molecule has 0 radical (unpaired) electrons. The molecule has 0 saturated carbocycles. The van der Waals surface area contributed by atoms with Gasteiger partial charge in [0.2, 0.25) is 5.95 Å². The monoisotopic (exact) mass is 300 g/mol. The van der Waals surface area contributed by atoms with Crippen molar-refractivity contribution in [1.29, 1.82) is 0 Å². The molecule has 1 aliphatic heterocycles. The van der Waals surface area contributed by atoms with Crippen molar-refractivity contribution in [3.05, 3.63) is 23.8 Å². The van der Waals surface area contributed by atoms with Crippen molar-refractivity contribution in [3.63, 3.8) is 0 Å². The summed E-state index contributed by atoms with van der Waals surface area (Å²) in [7, 11) is 3.27. The number of nitrogens with two attached hydrogens (primary N) is 1. The molecule has 116 valence electrons. The third-order valence-corrected chi connectivity index (χ3v) is 3.83. The summed E-state index contributed by atoms with van der Waals surface area (Å²) in [5.74, 6) is 2.55. The fourth-order valence-electron chi connectivity index (χ4n) is 2.73. The summed E-state index contributed by atoms with van der Waals surface area (Å²) in [6, 6.07) is 5.70. The Morgan fingerprint density at radius 3 is 2.77 bits per heavy atom. The highest BCUT2D eigenvalue weighted by Gasteiger charge is 2.19. The number of methoxy groups -OCH3 is 2. The Labute approximate surface area is 129 Å². The molecule has 1 aliphatic rings. The van der Waals surface area contributed by atoms with E-state index in [0.717, 1.165) is 54.2 Å². The highest BCUT2D eigenvalue weighted by atomic mass is 16.5. The van der Waals surface area contributed by atoms with Crippen LogP contribution in [0.4, 0.5) is 11.8 Å². The van der Waals surface area contributed by atoms with Gasteiger partial charge in [-0.2, -0.15) is 4.98 Å². The molecule has 0 bridgehead atoms. The average Bonchev–Trinajstić information content (AvgIpc) is 2.78. The maximum absolute atomic E-state index is 5.89. The van der Waals surface area contributed by atoms with Crippen molar-refractivity contribution in [3.8, 4) is 22.8 Å². The van der Waals surface area contributed by atoms with Crippen LogP contribution in [0.5, 0.6) is 11.5 Å². The van der Waals surface area contributed by atoms with Crippen LogP contribution in [-0.4, -0.2) is 30.7 Å². The zero-order valence-electron chi connectivity index (χ0n) is 12.8. The molecule has 0 spiro atoms. The zero-order valence-corrected chi connectivity index (χ0v) is 12.8. The first kappa shape index (κ1) is 14.4. The predicted octanol–water partition coefficient (Wildman–Crippen LogP) is 2.49. The largest absolute Gasteiger partial charge is 0.497 e. The zero-order chi connectivity index (χ0) is 15.5. The van der Waals surface area contributed by atoms with Crippen LogP contribution >= 0.6 is 0 Å². The summed E-state index contributed by atoms with van der Waals surface area (Å²) >= 11 is 0. The second-order valence-corrected chi connectivity index (χ2v) is 5.21. The Hall–Kier alpha value is -2.50. The van der Waals surface area contributed by atoms with Gasteiger partial charge >= 0.3 is 0 Å². The van der Waals surface area contributed by atoms with Gasteiger partial charge in [0.15, 0.2) is 0 Å². The molecule has 6 heteroatoms. The molecule has 0 fully saturated rings. The van der Waals surface area contributed by atoms with Crippen LogP contribution in [0.1, 0.15) is 18.4 Å². The van der Waals surface area contributed by atoms with E-state index in [0.29, 0.717) is 5.75 Å². The number of nitrogen functional groups attached to an aromatic ring is 1. The molecule has 0 aliphatic carbocycles. The quantitative estimate of drug-likeness (QED) is 0.906. The maximum atomic E-state index is 5.89. The number of nitrogens with zero attached hydrogens (tertiary/aromatic N) is 2. The van der Waals surface area contributed by atoms with Gasteiger partial charge in [-0.1, -0.05) is 0 Å². The van der Waals surface area contributed by atoms with Gasteiger partial charge in [-0.3, -0.25) is 0 Å². The van der Waals surface area contributed by atoms with E-state index < -0.39 is 0 Å². The van der Waals surface area contributed by atoms with Crippen molar-refractivity contribution < 1.29 is 9.47 Å². The van der Waals surface area contributed by atoms with E-state index in [2.05, 4.69) is 15.3 Å². The van der Waals surface area contributed by atoms with Crippen LogP contribution in [0.25, 0.3) is 11.3 Å². The van der Waals surface area contributed by atoms with Gasteiger partial charge in [0.1, 0.15) is 17.3 Å². The minimum atomic E-state index is 0.265.